The summed E-state index contributed by atoms with van der Waals surface area (Å²) in [6.07, 6.45) is 6.48. The molecule has 0 spiro atoms. The normalized spacial score (nSPS) is 13.6. The number of ether oxygens (including phenoxy) is 1. The summed E-state index contributed by atoms with van der Waals surface area (Å²) in [5, 5.41) is 11.0. The molecule has 1 fully saturated rings. The summed E-state index contributed by atoms with van der Waals surface area (Å²) in [6, 6.07) is 5.31. The van der Waals surface area contributed by atoms with Crippen LogP contribution in [0.2, 0.25) is 0 Å². The van der Waals surface area contributed by atoms with Gasteiger partial charge in [0.1, 0.15) is 11.4 Å². The first-order chi connectivity index (χ1) is 13.1. The van der Waals surface area contributed by atoms with E-state index >= 15 is 0 Å². The zero-order chi connectivity index (χ0) is 19.4. The second-order valence-corrected chi connectivity index (χ2v) is 6.37. The zero-order valence-corrected chi connectivity index (χ0v) is 15.5. The lowest BCUT2D eigenvalue weighted by molar-refractivity contribution is -0.114. The van der Waals surface area contributed by atoms with Gasteiger partial charge in [-0.2, -0.15) is 0 Å². The molecule has 3 rings (SSSR count). The molecule has 0 unspecified atom stereocenters. The second kappa shape index (κ2) is 8.03. The Labute approximate surface area is 157 Å². The van der Waals surface area contributed by atoms with Crippen LogP contribution >= 0.6 is 0 Å². The van der Waals surface area contributed by atoms with Gasteiger partial charge in [-0.3, -0.25) is 14.5 Å². The number of benzene rings is 1. The zero-order valence-electron chi connectivity index (χ0n) is 15.5. The molecule has 0 saturated heterocycles. The number of amides is 2. The van der Waals surface area contributed by atoms with Crippen molar-refractivity contribution in [1.29, 1.82) is 0 Å². The number of hydrogen-bond acceptors (Lipinski definition) is 5. The van der Waals surface area contributed by atoms with Crippen LogP contribution in [0.15, 0.2) is 37.1 Å². The van der Waals surface area contributed by atoms with Gasteiger partial charge in [-0.1, -0.05) is 11.8 Å². The van der Waals surface area contributed by atoms with E-state index in [0.29, 0.717) is 28.7 Å². The summed E-state index contributed by atoms with van der Waals surface area (Å²) >= 11 is 0. The van der Waals surface area contributed by atoms with Crippen LogP contribution in [0.3, 0.4) is 0 Å². The standard InChI is InChI=1S/C19H23N5O3/c1-4-18(25)23(11-14-12-24(22-21-14)15-6-5-7-15)16-10-13(19(26)20-2)8-9-17(16)27-3/h4,8-10,12,15H,1,5-7,11H2,2-3H3,(H,20,26). The molecule has 1 aliphatic rings. The molecule has 1 saturated carbocycles. The monoisotopic (exact) mass is 369 g/mol. The van der Waals surface area contributed by atoms with Gasteiger partial charge in [-0.15, -0.1) is 5.10 Å². The fourth-order valence-corrected chi connectivity index (χ4v) is 2.96. The molecule has 2 amide bonds. The highest BCUT2D eigenvalue weighted by atomic mass is 16.5. The predicted molar refractivity (Wildman–Crippen MR) is 101 cm³/mol. The maximum absolute atomic E-state index is 12.5. The van der Waals surface area contributed by atoms with E-state index in [9.17, 15) is 9.59 Å². The fraction of sp³-hybridized carbons (Fsp3) is 0.368. The summed E-state index contributed by atoms with van der Waals surface area (Å²) < 4.78 is 7.25. The average Bonchev–Trinajstić information content (AvgIpc) is 3.10. The molecule has 0 bridgehead atoms. The molecule has 0 atom stereocenters. The maximum Gasteiger partial charge on any atom is 0.251 e. The molecule has 0 radical (unpaired) electrons. The molecule has 1 aromatic heterocycles. The van der Waals surface area contributed by atoms with Gasteiger partial charge in [-0.05, 0) is 43.5 Å². The van der Waals surface area contributed by atoms with Gasteiger partial charge in [0.15, 0.2) is 0 Å². The number of anilines is 1. The van der Waals surface area contributed by atoms with Crippen LogP contribution in [0.1, 0.15) is 41.4 Å². The van der Waals surface area contributed by atoms with E-state index in [1.807, 2.05) is 10.9 Å². The van der Waals surface area contributed by atoms with Gasteiger partial charge in [0.25, 0.3) is 11.8 Å². The minimum Gasteiger partial charge on any atom is -0.495 e. The van der Waals surface area contributed by atoms with E-state index < -0.39 is 0 Å². The molecule has 8 heteroatoms. The van der Waals surface area contributed by atoms with Crippen LogP contribution in [0.25, 0.3) is 0 Å². The molecule has 1 aromatic carbocycles. The first kappa shape index (κ1) is 18.6. The number of nitrogens with zero attached hydrogens (tertiary/aromatic N) is 4. The summed E-state index contributed by atoms with van der Waals surface area (Å²) in [5.74, 6) is -0.0920. The van der Waals surface area contributed by atoms with E-state index in [-0.39, 0.29) is 18.4 Å². The number of hydrogen-bond donors (Lipinski definition) is 1. The summed E-state index contributed by atoms with van der Waals surface area (Å²) in [4.78, 5) is 26.0. The van der Waals surface area contributed by atoms with Crippen molar-refractivity contribution in [2.75, 3.05) is 19.1 Å². The number of methoxy groups -OCH3 is 1. The SMILES string of the molecule is C=CC(=O)N(Cc1cn(C2CCC2)nn1)c1cc(C(=O)NC)ccc1OC. The Bertz CT molecular complexity index is 857. The van der Waals surface area contributed by atoms with E-state index in [4.69, 9.17) is 4.74 Å². The minimum atomic E-state index is -0.319. The van der Waals surface area contributed by atoms with Crippen LogP contribution in [0.5, 0.6) is 5.75 Å². The quantitative estimate of drug-likeness (QED) is 0.755. The fourth-order valence-electron chi connectivity index (χ4n) is 2.96. The first-order valence-corrected chi connectivity index (χ1v) is 8.82. The Morgan fingerprint density at radius 2 is 2.22 bits per heavy atom. The lowest BCUT2D eigenvalue weighted by atomic mass is 9.93. The maximum atomic E-state index is 12.5. The smallest absolute Gasteiger partial charge is 0.251 e. The van der Waals surface area contributed by atoms with Gasteiger partial charge < -0.3 is 10.1 Å². The predicted octanol–water partition coefficient (Wildman–Crippen LogP) is 2.09. The van der Waals surface area contributed by atoms with Crippen molar-refractivity contribution in [3.63, 3.8) is 0 Å². The number of rotatable bonds is 7. The Hall–Kier alpha value is -3.16. The molecule has 8 nitrogen and oxygen atoms in total. The molecule has 1 N–H and O–H groups in total. The van der Waals surface area contributed by atoms with Crippen molar-refractivity contribution in [3.8, 4) is 5.75 Å². The molecule has 0 aliphatic heterocycles. The third kappa shape index (κ3) is 3.84. The van der Waals surface area contributed by atoms with Crippen molar-refractivity contribution in [3.05, 3.63) is 48.3 Å². The van der Waals surface area contributed by atoms with Crippen molar-refractivity contribution in [2.24, 2.45) is 0 Å². The number of carbonyl (C=O) groups is 2. The van der Waals surface area contributed by atoms with E-state index in [1.165, 1.54) is 24.5 Å². The van der Waals surface area contributed by atoms with Crippen molar-refractivity contribution >= 4 is 17.5 Å². The van der Waals surface area contributed by atoms with Crippen LogP contribution in [0.4, 0.5) is 5.69 Å². The third-order valence-corrected chi connectivity index (χ3v) is 4.73. The Kier molecular flexibility index (Phi) is 5.54. The van der Waals surface area contributed by atoms with Gasteiger partial charge in [0, 0.05) is 12.6 Å². The van der Waals surface area contributed by atoms with Crippen LogP contribution in [-0.4, -0.2) is 41.0 Å². The highest BCUT2D eigenvalue weighted by Gasteiger charge is 2.24. The van der Waals surface area contributed by atoms with Crippen LogP contribution < -0.4 is 15.0 Å². The Balaban J connectivity index is 1.94. The van der Waals surface area contributed by atoms with Gasteiger partial charge in [0.2, 0.25) is 0 Å². The largest absolute Gasteiger partial charge is 0.495 e. The summed E-state index contributed by atoms with van der Waals surface area (Å²) in [7, 11) is 3.07. The van der Waals surface area contributed by atoms with Gasteiger partial charge in [-0.25, -0.2) is 4.68 Å². The molecule has 1 aliphatic carbocycles. The molecule has 1 heterocycles. The molecule has 27 heavy (non-hydrogen) atoms. The summed E-state index contributed by atoms with van der Waals surface area (Å²) in [5.41, 5.74) is 1.56. The highest BCUT2D eigenvalue weighted by molar-refractivity contribution is 6.03. The average molecular weight is 369 g/mol. The number of nitrogens with one attached hydrogen (secondary N) is 1. The highest BCUT2D eigenvalue weighted by Crippen LogP contribution is 2.32. The summed E-state index contributed by atoms with van der Waals surface area (Å²) in [6.45, 7) is 3.78. The van der Waals surface area contributed by atoms with Crippen LogP contribution in [0, 0.1) is 0 Å². The topological polar surface area (TPSA) is 89.4 Å². The van der Waals surface area contributed by atoms with E-state index in [1.54, 1.807) is 25.2 Å². The Morgan fingerprint density at radius 1 is 1.44 bits per heavy atom. The number of aromatic nitrogens is 3. The van der Waals surface area contributed by atoms with Crippen molar-refractivity contribution in [2.45, 2.75) is 31.8 Å². The Morgan fingerprint density at radius 3 is 2.81 bits per heavy atom. The lowest BCUT2D eigenvalue weighted by Crippen LogP contribution is -2.29. The third-order valence-electron chi connectivity index (χ3n) is 4.73. The molecule has 2 aromatic rings. The van der Waals surface area contributed by atoms with Gasteiger partial charge in [0.05, 0.1) is 31.6 Å². The number of carbonyl (C=O) groups excluding carboxylic acids is 2. The van der Waals surface area contributed by atoms with Gasteiger partial charge >= 0.3 is 0 Å². The molecular formula is C19H23N5O3. The lowest BCUT2D eigenvalue weighted by Gasteiger charge is -2.25. The molecular weight excluding hydrogens is 346 g/mol. The first-order valence-electron chi connectivity index (χ1n) is 8.82. The minimum absolute atomic E-state index is 0.200. The van der Waals surface area contributed by atoms with Crippen molar-refractivity contribution in [1.82, 2.24) is 20.3 Å². The van der Waals surface area contributed by atoms with Crippen molar-refractivity contribution < 1.29 is 14.3 Å². The molecule has 142 valence electrons. The second-order valence-electron chi connectivity index (χ2n) is 6.37. The van der Waals surface area contributed by atoms with Crippen LogP contribution in [-0.2, 0) is 11.3 Å². The van der Waals surface area contributed by atoms with E-state index in [2.05, 4.69) is 22.2 Å². The van der Waals surface area contributed by atoms with E-state index in [0.717, 1.165) is 12.8 Å².